The second-order valence-corrected chi connectivity index (χ2v) is 6.46. The van der Waals surface area contributed by atoms with Gasteiger partial charge in [0, 0.05) is 25.4 Å². The van der Waals surface area contributed by atoms with Crippen LogP contribution in [0.4, 0.5) is 0 Å². The van der Waals surface area contributed by atoms with E-state index in [2.05, 4.69) is 25.2 Å². The maximum atomic E-state index is 12.3. The van der Waals surface area contributed by atoms with Crippen LogP contribution in [0.1, 0.15) is 42.6 Å². The second kappa shape index (κ2) is 8.01. The van der Waals surface area contributed by atoms with Crippen molar-refractivity contribution in [3.63, 3.8) is 0 Å². The molecule has 1 heterocycles. The van der Waals surface area contributed by atoms with Gasteiger partial charge in [-0.3, -0.25) is 9.59 Å². The number of aryl methyl sites for hydroxylation is 1. The number of carbonyl (C=O) groups excluding carboxylic acids is 1. The molecule has 0 aliphatic carbocycles. The topological polar surface area (TPSA) is 60.3 Å². The van der Waals surface area contributed by atoms with Gasteiger partial charge < -0.3 is 14.6 Å². The molecule has 1 atom stereocenters. The van der Waals surface area contributed by atoms with Crippen LogP contribution in [0.25, 0.3) is 0 Å². The van der Waals surface area contributed by atoms with E-state index in [1.807, 2.05) is 18.2 Å². The molecule has 1 unspecified atom stereocenters. The van der Waals surface area contributed by atoms with Crippen LogP contribution in [-0.2, 0) is 12.5 Å². The van der Waals surface area contributed by atoms with Crippen LogP contribution in [0, 0.1) is 0 Å². The third kappa shape index (κ3) is 4.10. The summed E-state index contributed by atoms with van der Waals surface area (Å²) < 4.78 is 6.89. The highest BCUT2D eigenvalue weighted by Gasteiger charge is 2.27. The Morgan fingerprint density at radius 1 is 1.24 bits per heavy atom. The first kappa shape index (κ1) is 18.8. The lowest BCUT2D eigenvalue weighted by molar-refractivity contribution is 0.0948. The Balaban J connectivity index is 2.09. The summed E-state index contributed by atoms with van der Waals surface area (Å²) in [6.07, 6.45) is 3.30. The van der Waals surface area contributed by atoms with E-state index < -0.39 is 0 Å². The molecular weight excluding hydrogens is 316 g/mol. The largest absolute Gasteiger partial charge is 0.496 e. The van der Waals surface area contributed by atoms with Crippen LogP contribution in [-0.4, -0.2) is 24.1 Å². The highest BCUT2D eigenvalue weighted by atomic mass is 16.5. The first-order valence-electron chi connectivity index (χ1n) is 8.50. The molecule has 0 radical (unpaired) electrons. The molecule has 5 nitrogen and oxygen atoms in total. The molecule has 1 aromatic heterocycles. The fourth-order valence-corrected chi connectivity index (χ4v) is 2.96. The summed E-state index contributed by atoms with van der Waals surface area (Å²) in [5.41, 5.74) is 0.884. The fraction of sp³-hybridized carbons (Fsp3) is 0.400. The van der Waals surface area contributed by atoms with Crippen LogP contribution < -0.4 is 15.6 Å². The monoisotopic (exact) mass is 342 g/mol. The summed E-state index contributed by atoms with van der Waals surface area (Å²) in [7, 11) is 3.30. The number of hydrogen-bond acceptors (Lipinski definition) is 3. The first-order chi connectivity index (χ1) is 11.9. The number of ether oxygens (including phenoxy) is 1. The van der Waals surface area contributed by atoms with E-state index in [0.717, 1.165) is 24.2 Å². The van der Waals surface area contributed by atoms with Gasteiger partial charge in [0.05, 0.1) is 7.11 Å². The van der Waals surface area contributed by atoms with Crippen LogP contribution in [0.2, 0.25) is 0 Å². The number of pyridine rings is 1. The van der Waals surface area contributed by atoms with Crippen molar-refractivity contribution in [3.05, 3.63) is 64.1 Å². The van der Waals surface area contributed by atoms with Gasteiger partial charge >= 0.3 is 0 Å². The second-order valence-electron chi connectivity index (χ2n) is 6.46. The number of rotatable bonds is 7. The van der Waals surface area contributed by atoms with Gasteiger partial charge in [0.15, 0.2) is 0 Å². The molecule has 2 rings (SSSR count). The van der Waals surface area contributed by atoms with E-state index in [4.69, 9.17) is 4.74 Å². The number of carbonyl (C=O) groups is 1. The van der Waals surface area contributed by atoms with Gasteiger partial charge in [0.1, 0.15) is 11.3 Å². The van der Waals surface area contributed by atoms with Crippen molar-refractivity contribution in [2.45, 2.75) is 32.1 Å². The van der Waals surface area contributed by atoms with Crippen LogP contribution in [0.3, 0.4) is 0 Å². The number of methoxy groups -OCH3 is 1. The SMILES string of the molecule is CCC(C)(CCNC(=O)c1cccn(C)c1=O)c1ccccc1OC. The quantitative estimate of drug-likeness (QED) is 0.842. The van der Waals surface area contributed by atoms with Crippen molar-refractivity contribution in [3.8, 4) is 5.75 Å². The van der Waals surface area contributed by atoms with Crippen LogP contribution >= 0.6 is 0 Å². The van der Waals surface area contributed by atoms with E-state index in [1.54, 1.807) is 32.5 Å². The van der Waals surface area contributed by atoms with Gasteiger partial charge in [-0.2, -0.15) is 0 Å². The molecule has 0 saturated carbocycles. The Morgan fingerprint density at radius 3 is 2.64 bits per heavy atom. The van der Waals surface area contributed by atoms with Gasteiger partial charge in [0.2, 0.25) is 0 Å². The number of para-hydroxylation sites is 1. The van der Waals surface area contributed by atoms with Crippen molar-refractivity contribution < 1.29 is 9.53 Å². The van der Waals surface area contributed by atoms with Gasteiger partial charge in [-0.1, -0.05) is 32.0 Å². The molecule has 1 amide bonds. The number of nitrogens with zero attached hydrogens (tertiary/aromatic N) is 1. The van der Waals surface area contributed by atoms with E-state index in [9.17, 15) is 9.59 Å². The minimum absolute atomic E-state index is 0.123. The summed E-state index contributed by atoms with van der Waals surface area (Å²) in [4.78, 5) is 24.3. The summed E-state index contributed by atoms with van der Waals surface area (Å²) in [6.45, 7) is 4.78. The predicted molar refractivity (Wildman–Crippen MR) is 99.3 cm³/mol. The third-order valence-corrected chi connectivity index (χ3v) is 4.87. The summed E-state index contributed by atoms with van der Waals surface area (Å²) >= 11 is 0. The fourth-order valence-electron chi connectivity index (χ4n) is 2.96. The predicted octanol–water partition coefficient (Wildman–Crippen LogP) is 2.88. The molecule has 0 bridgehead atoms. The van der Waals surface area contributed by atoms with Gasteiger partial charge in [-0.05, 0) is 36.5 Å². The molecule has 0 aliphatic rings. The molecule has 1 N–H and O–H groups in total. The minimum atomic E-state index is -0.334. The Morgan fingerprint density at radius 2 is 1.96 bits per heavy atom. The molecule has 2 aromatic rings. The molecule has 25 heavy (non-hydrogen) atoms. The number of aromatic nitrogens is 1. The lowest BCUT2D eigenvalue weighted by Gasteiger charge is -2.30. The Labute approximate surface area is 148 Å². The number of hydrogen-bond donors (Lipinski definition) is 1. The minimum Gasteiger partial charge on any atom is -0.496 e. The highest BCUT2D eigenvalue weighted by molar-refractivity contribution is 5.93. The molecule has 0 saturated heterocycles. The van der Waals surface area contributed by atoms with Crippen molar-refractivity contribution in [1.82, 2.24) is 9.88 Å². The maximum absolute atomic E-state index is 12.3. The van der Waals surface area contributed by atoms with Crippen molar-refractivity contribution in [1.29, 1.82) is 0 Å². The highest BCUT2D eigenvalue weighted by Crippen LogP contribution is 2.36. The Bertz CT molecular complexity index is 798. The van der Waals surface area contributed by atoms with E-state index in [0.29, 0.717) is 6.54 Å². The van der Waals surface area contributed by atoms with E-state index >= 15 is 0 Å². The summed E-state index contributed by atoms with van der Waals surface area (Å²) in [5.74, 6) is 0.523. The smallest absolute Gasteiger partial charge is 0.263 e. The van der Waals surface area contributed by atoms with Crippen LogP contribution in [0.5, 0.6) is 5.75 Å². The molecule has 0 aliphatic heterocycles. The van der Waals surface area contributed by atoms with E-state index in [1.165, 1.54) is 4.57 Å². The molecule has 1 aromatic carbocycles. The normalized spacial score (nSPS) is 13.1. The first-order valence-corrected chi connectivity index (χ1v) is 8.50. The van der Waals surface area contributed by atoms with Crippen molar-refractivity contribution in [2.75, 3.05) is 13.7 Å². The average Bonchev–Trinajstić information content (AvgIpc) is 2.63. The maximum Gasteiger partial charge on any atom is 0.263 e. The zero-order chi connectivity index (χ0) is 18.4. The van der Waals surface area contributed by atoms with Gasteiger partial charge in [-0.25, -0.2) is 0 Å². The molecule has 0 fully saturated rings. The Kier molecular flexibility index (Phi) is 6.02. The third-order valence-electron chi connectivity index (χ3n) is 4.87. The van der Waals surface area contributed by atoms with Crippen molar-refractivity contribution in [2.24, 2.45) is 7.05 Å². The molecule has 134 valence electrons. The number of benzene rings is 1. The van der Waals surface area contributed by atoms with Gasteiger partial charge in [0.25, 0.3) is 11.5 Å². The summed E-state index contributed by atoms with van der Waals surface area (Å²) in [5, 5.41) is 2.87. The lowest BCUT2D eigenvalue weighted by Crippen LogP contribution is -2.35. The zero-order valence-electron chi connectivity index (χ0n) is 15.3. The summed E-state index contributed by atoms with van der Waals surface area (Å²) in [6, 6.07) is 11.2. The Hall–Kier alpha value is -2.56. The average molecular weight is 342 g/mol. The van der Waals surface area contributed by atoms with Crippen molar-refractivity contribution >= 4 is 5.91 Å². The lowest BCUT2D eigenvalue weighted by atomic mass is 9.77. The molecule has 5 heteroatoms. The van der Waals surface area contributed by atoms with E-state index in [-0.39, 0.29) is 22.4 Å². The van der Waals surface area contributed by atoms with Gasteiger partial charge in [-0.15, -0.1) is 0 Å². The zero-order valence-corrected chi connectivity index (χ0v) is 15.3. The number of nitrogens with one attached hydrogen (secondary N) is 1. The standard InChI is InChI=1S/C20H26N2O3/c1-5-20(2,16-10-6-7-11-17(16)25-4)12-13-21-18(23)15-9-8-14-22(3)19(15)24/h6-11,14H,5,12-13H2,1-4H3,(H,21,23). The molecule has 0 spiro atoms. The van der Waals surface area contributed by atoms with Crippen LogP contribution in [0.15, 0.2) is 47.4 Å². The number of amides is 1. The molecular formula is C20H26N2O3.